The molecule has 1 aliphatic rings. The lowest BCUT2D eigenvalue weighted by Gasteiger charge is -2.09. The van der Waals surface area contributed by atoms with Crippen molar-refractivity contribution >= 4 is 5.84 Å². The van der Waals surface area contributed by atoms with E-state index in [-0.39, 0.29) is 5.84 Å². The van der Waals surface area contributed by atoms with Crippen molar-refractivity contribution < 1.29 is 9.47 Å². The molecule has 1 unspecified atom stereocenters. The summed E-state index contributed by atoms with van der Waals surface area (Å²) in [6.45, 7) is 2.25. The van der Waals surface area contributed by atoms with Crippen LogP contribution >= 0.6 is 0 Å². The Balaban J connectivity index is 1.86. The van der Waals surface area contributed by atoms with Gasteiger partial charge in [0, 0.05) is 19.6 Å². The minimum Gasteiger partial charge on any atom is -0.388 e. The summed E-state index contributed by atoms with van der Waals surface area (Å²) in [6, 6.07) is 0. The number of ether oxygens (including phenoxy) is 2. The third kappa shape index (κ3) is 4.85. The highest BCUT2D eigenvalue weighted by molar-refractivity contribution is 5.76. The molecule has 76 valence electrons. The molecule has 1 aliphatic heterocycles. The highest BCUT2D eigenvalue weighted by Crippen LogP contribution is 2.11. The van der Waals surface area contributed by atoms with Crippen LogP contribution in [0.3, 0.4) is 0 Å². The average molecular weight is 186 g/mol. The topological polar surface area (TPSA) is 68.3 Å². The lowest BCUT2D eigenvalue weighted by atomic mass is 10.2. The molecule has 0 aromatic rings. The zero-order valence-corrected chi connectivity index (χ0v) is 7.92. The Morgan fingerprint density at radius 1 is 1.62 bits per heavy atom. The smallest absolute Gasteiger partial charge is 0.0906 e. The number of rotatable bonds is 6. The van der Waals surface area contributed by atoms with Gasteiger partial charge in [0.15, 0.2) is 0 Å². The molecular weight excluding hydrogens is 168 g/mol. The normalized spacial score (nSPS) is 22.0. The molecule has 1 fully saturated rings. The van der Waals surface area contributed by atoms with E-state index in [1.54, 1.807) is 0 Å². The summed E-state index contributed by atoms with van der Waals surface area (Å²) in [5.41, 5.74) is 5.20. The number of nitrogens with one attached hydrogen (secondary N) is 1. The fraction of sp³-hybridized carbons (Fsp3) is 0.889. The Labute approximate surface area is 78.9 Å². The van der Waals surface area contributed by atoms with Crippen LogP contribution < -0.4 is 5.73 Å². The molecule has 1 heterocycles. The van der Waals surface area contributed by atoms with Crippen molar-refractivity contribution in [2.45, 2.75) is 31.8 Å². The van der Waals surface area contributed by atoms with Crippen LogP contribution in [0, 0.1) is 5.41 Å². The zero-order valence-electron chi connectivity index (χ0n) is 7.92. The van der Waals surface area contributed by atoms with Gasteiger partial charge in [-0.15, -0.1) is 0 Å². The minimum absolute atomic E-state index is 0.237. The molecule has 0 bridgehead atoms. The molecule has 1 saturated heterocycles. The second-order valence-electron chi connectivity index (χ2n) is 3.34. The quantitative estimate of drug-likeness (QED) is 0.368. The summed E-state index contributed by atoms with van der Waals surface area (Å²) in [5, 5.41) is 6.99. The Kier molecular flexibility index (Phi) is 4.78. The van der Waals surface area contributed by atoms with Crippen molar-refractivity contribution in [2.75, 3.05) is 19.8 Å². The molecule has 4 heteroatoms. The largest absolute Gasteiger partial charge is 0.388 e. The van der Waals surface area contributed by atoms with Crippen LogP contribution in [0.1, 0.15) is 25.7 Å². The third-order valence-electron chi connectivity index (χ3n) is 2.06. The standard InChI is InChI=1S/C9H18N2O2/c10-9(11)4-2-5-12-7-8-3-1-6-13-8/h8H,1-7H2,(H3,10,11). The molecule has 1 atom stereocenters. The van der Waals surface area contributed by atoms with E-state index in [0.717, 1.165) is 25.9 Å². The SMILES string of the molecule is N=C(N)CCCOCC1CCCO1. The highest BCUT2D eigenvalue weighted by Gasteiger charge is 2.14. The van der Waals surface area contributed by atoms with Gasteiger partial charge in [0.25, 0.3) is 0 Å². The predicted octanol–water partition coefficient (Wildman–Crippen LogP) is 0.898. The molecule has 0 radical (unpaired) electrons. The fourth-order valence-corrected chi connectivity index (χ4v) is 1.36. The van der Waals surface area contributed by atoms with Gasteiger partial charge in [-0.1, -0.05) is 0 Å². The monoisotopic (exact) mass is 186 g/mol. The van der Waals surface area contributed by atoms with Gasteiger partial charge in [-0.25, -0.2) is 0 Å². The number of hydrogen-bond donors (Lipinski definition) is 2. The van der Waals surface area contributed by atoms with Crippen LogP contribution in [0.15, 0.2) is 0 Å². The second-order valence-corrected chi connectivity index (χ2v) is 3.34. The van der Waals surface area contributed by atoms with Crippen LogP contribution in [-0.2, 0) is 9.47 Å². The molecule has 13 heavy (non-hydrogen) atoms. The first-order chi connectivity index (χ1) is 6.29. The summed E-state index contributed by atoms with van der Waals surface area (Å²) in [4.78, 5) is 0. The molecule has 0 aromatic heterocycles. The van der Waals surface area contributed by atoms with Gasteiger partial charge in [0.1, 0.15) is 0 Å². The van der Waals surface area contributed by atoms with Crippen LogP contribution in [0.4, 0.5) is 0 Å². The van der Waals surface area contributed by atoms with Gasteiger partial charge < -0.3 is 15.2 Å². The molecule has 0 amide bonds. The maximum absolute atomic E-state index is 6.99. The summed E-state index contributed by atoms with van der Waals surface area (Å²) in [6.07, 6.45) is 4.04. The van der Waals surface area contributed by atoms with E-state index < -0.39 is 0 Å². The van der Waals surface area contributed by atoms with Crippen LogP contribution in [0.5, 0.6) is 0 Å². The van der Waals surface area contributed by atoms with Gasteiger partial charge in [-0.2, -0.15) is 0 Å². The summed E-state index contributed by atoms with van der Waals surface area (Å²) in [7, 11) is 0. The first-order valence-electron chi connectivity index (χ1n) is 4.81. The second kappa shape index (κ2) is 5.94. The van der Waals surface area contributed by atoms with Gasteiger partial charge in [-0.3, -0.25) is 5.41 Å². The lowest BCUT2D eigenvalue weighted by molar-refractivity contribution is 0.0169. The molecule has 0 saturated carbocycles. The van der Waals surface area contributed by atoms with Crippen molar-refractivity contribution in [3.05, 3.63) is 0 Å². The van der Waals surface area contributed by atoms with Gasteiger partial charge in [0.2, 0.25) is 0 Å². The number of nitrogens with two attached hydrogens (primary N) is 1. The molecule has 0 aromatic carbocycles. The van der Waals surface area contributed by atoms with Gasteiger partial charge >= 0.3 is 0 Å². The van der Waals surface area contributed by atoms with Crippen LogP contribution in [0.2, 0.25) is 0 Å². The van der Waals surface area contributed by atoms with Crippen molar-refractivity contribution in [1.82, 2.24) is 0 Å². The van der Waals surface area contributed by atoms with E-state index >= 15 is 0 Å². The van der Waals surface area contributed by atoms with Crippen molar-refractivity contribution in [3.8, 4) is 0 Å². The summed E-state index contributed by atoms with van der Waals surface area (Å²) in [5.74, 6) is 0.237. The van der Waals surface area contributed by atoms with E-state index in [1.807, 2.05) is 0 Å². The zero-order chi connectivity index (χ0) is 9.52. The predicted molar refractivity (Wildman–Crippen MR) is 50.9 cm³/mol. The molecule has 1 rings (SSSR count). The number of hydrogen-bond acceptors (Lipinski definition) is 3. The maximum Gasteiger partial charge on any atom is 0.0906 e. The van der Waals surface area contributed by atoms with E-state index in [0.29, 0.717) is 25.7 Å². The van der Waals surface area contributed by atoms with E-state index in [9.17, 15) is 0 Å². The lowest BCUT2D eigenvalue weighted by Crippen LogP contribution is -2.15. The maximum atomic E-state index is 6.99. The van der Waals surface area contributed by atoms with Crippen LogP contribution in [0.25, 0.3) is 0 Å². The van der Waals surface area contributed by atoms with Gasteiger partial charge in [-0.05, 0) is 19.3 Å². The average Bonchev–Trinajstić information content (AvgIpc) is 2.55. The summed E-state index contributed by atoms with van der Waals surface area (Å²) < 4.78 is 10.8. The first-order valence-corrected chi connectivity index (χ1v) is 4.81. The van der Waals surface area contributed by atoms with E-state index in [4.69, 9.17) is 20.6 Å². The first kappa shape index (κ1) is 10.5. The highest BCUT2D eigenvalue weighted by atomic mass is 16.5. The van der Waals surface area contributed by atoms with Crippen molar-refractivity contribution in [3.63, 3.8) is 0 Å². The Bertz CT molecular complexity index is 156. The van der Waals surface area contributed by atoms with Crippen molar-refractivity contribution in [2.24, 2.45) is 5.73 Å². The number of amidine groups is 1. The van der Waals surface area contributed by atoms with Crippen LogP contribution in [-0.4, -0.2) is 31.8 Å². The Morgan fingerprint density at radius 3 is 3.08 bits per heavy atom. The molecular formula is C9H18N2O2. The van der Waals surface area contributed by atoms with Gasteiger partial charge in [0.05, 0.1) is 18.5 Å². The third-order valence-corrected chi connectivity index (χ3v) is 2.06. The Morgan fingerprint density at radius 2 is 2.46 bits per heavy atom. The molecule has 0 aliphatic carbocycles. The molecule has 4 nitrogen and oxygen atoms in total. The Hall–Kier alpha value is -0.610. The summed E-state index contributed by atoms with van der Waals surface area (Å²) >= 11 is 0. The van der Waals surface area contributed by atoms with E-state index in [2.05, 4.69) is 0 Å². The minimum atomic E-state index is 0.237. The van der Waals surface area contributed by atoms with E-state index in [1.165, 1.54) is 0 Å². The molecule has 3 N–H and O–H groups in total. The molecule has 0 spiro atoms. The fourth-order valence-electron chi connectivity index (χ4n) is 1.36. The van der Waals surface area contributed by atoms with Crippen molar-refractivity contribution in [1.29, 1.82) is 5.41 Å².